The molecule has 1 N–H and O–H groups in total. The molecule has 1 aromatic heterocycles. The number of benzene rings is 3. The molecule has 0 radical (unpaired) electrons. The summed E-state index contributed by atoms with van der Waals surface area (Å²) < 4.78 is 45.0. The summed E-state index contributed by atoms with van der Waals surface area (Å²) in [5, 5.41) is 0.747. The summed E-state index contributed by atoms with van der Waals surface area (Å²) in [6.45, 7) is 0. The maximum atomic E-state index is 14.3. The molecule has 4 aromatic rings. The molecule has 0 saturated carbocycles. The van der Waals surface area contributed by atoms with Gasteiger partial charge in [-0.2, -0.15) is 0 Å². The number of anilines is 1. The number of aromatic nitrogens is 1. The van der Waals surface area contributed by atoms with Gasteiger partial charge < -0.3 is 9.29 Å². The lowest BCUT2D eigenvalue weighted by atomic mass is 10.0. The van der Waals surface area contributed by atoms with E-state index >= 15 is 0 Å². The highest BCUT2D eigenvalue weighted by atomic mass is 32.2. The lowest BCUT2D eigenvalue weighted by molar-refractivity contribution is 0.112. The fourth-order valence-corrected chi connectivity index (χ4v) is 4.06. The van der Waals surface area contributed by atoms with Crippen molar-refractivity contribution in [3.63, 3.8) is 0 Å². The maximum Gasteiger partial charge on any atom is 0.150 e. The topological polar surface area (TPSA) is 51.1 Å². The van der Waals surface area contributed by atoms with Gasteiger partial charge in [0.25, 0.3) is 0 Å². The van der Waals surface area contributed by atoms with E-state index in [-0.39, 0.29) is 0 Å². The molecule has 0 aliphatic rings. The number of aryl methyl sites for hydroxylation is 1. The van der Waals surface area contributed by atoms with Gasteiger partial charge in [0.1, 0.15) is 28.9 Å². The lowest BCUT2D eigenvalue weighted by Gasteiger charge is -2.08. The Morgan fingerprint density at radius 1 is 0.966 bits per heavy atom. The van der Waals surface area contributed by atoms with Crippen LogP contribution in [0.15, 0.2) is 71.8 Å². The molecule has 146 valence electrons. The van der Waals surface area contributed by atoms with Crippen molar-refractivity contribution in [1.29, 1.82) is 0 Å². The number of fused-ring (bicyclic) bond motifs is 1. The van der Waals surface area contributed by atoms with E-state index in [2.05, 4.69) is 4.72 Å². The van der Waals surface area contributed by atoms with Crippen LogP contribution in [0.1, 0.15) is 10.4 Å². The third-order valence-corrected chi connectivity index (χ3v) is 5.77. The molecule has 3 aromatic carbocycles. The first-order valence-electron chi connectivity index (χ1n) is 8.74. The summed E-state index contributed by atoms with van der Waals surface area (Å²) in [4.78, 5) is 11.3. The first-order chi connectivity index (χ1) is 14.0. The fraction of sp³-hybridized carbons (Fsp3) is 0.0455. The van der Waals surface area contributed by atoms with Gasteiger partial charge in [-0.15, -0.1) is 0 Å². The van der Waals surface area contributed by atoms with E-state index in [1.54, 1.807) is 42.6 Å². The SMILES string of the molecule is Cn1cc(-c2ccc(F)cc2F)c2cc(NS(=O)c3ccc(C=O)cc3)ccc21. The number of carbonyl (C=O) groups excluding carboxylic acids is 1. The van der Waals surface area contributed by atoms with Crippen LogP contribution >= 0.6 is 0 Å². The average molecular weight is 410 g/mol. The number of nitrogens with zero attached hydrogens (tertiary/aromatic N) is 1. The number of carbonyl (C=O) groups is 1. The number of rotatable bonds is 5. The molecule has 1 unspecified atom stereocenters. The lowest BCUT2D eigenvalue weighted by Crippen LogP contribution is -2.04. The Kier molecular flexibility index (Phi) is 4.98. The van der Waals surface area contributed by atoms with Crippen LogP contribution in [0.3, 0.4) is 0 Å². The van der Waals surface area contributed by atoms with E-state index < -0.39 is 22.6 Å². The highest BCUT2D eigenvalue weighted by Gasteiger charge is 2.14. The standard InChI is InChI=1S/C22H16F2N2O2S/c1-26-12-20(18-8-4-15(23)10-21(18)24)19-11-16(5-9-22(19)26)25-29(28)17-6-2-14(13-27)3-7-17/h2-13,25H,1H3. The van der Waals surface area contributed by atoms with Crippen molar-refractivity contribution in [1.82, 2.24) is 4.57 Å². The van der Waals surface area contributed by atoms with Crippen LogP contribution < -0.4 is 4.72 Å². The van der Waals surface area contributed by atoms with Crippen molar-refractivity contribution < 1.29 is 17.8 Å². The molecule has 7 heteroatoms. The van der Waals surface area contributed by atoms with Crippen molar-refractivity contribution >= 4 is 33.9 Å². The van der Waals surface area contributed by atoms with Gasteiger partial charge in [0, 0.05) is 52.6 Å². The molecule has 0 fully saturated rings. The average Bonchev–Trinajstić information content (AvgIpc) is 3.04. The Bertz CT molecular complexity index is 1250. The molecule has 1 heterocycles. The van der Waals surface area contributed by atoms with E-state index in [1.165, 1.54) is 12.1 Å². The van der Waals surface area contributed by atoms with Gasteiger partial charge in [0.2, 0.25) is 0 Å². The maximum absolute atomic E-state index is 14.3. The van der Waals surface area contributed by atoms with Crippen LogP contribution in [0.2, 0.25) is 0 Å². The number of nitrogens with one attached hydrogen (secondary N) is 1. The molecule has 0 aliphatic heterocycles. The quantitative estimate of drug-likeness (QED) is 0.467. The predicted octanol–water partition coefficient (Wildman–Crippen LogP) is 5.07. The van der Waals surface area contributed by atoms with E-state index in [0.717, 1.165) is 23.3 Å². The van der Waals surface area contributed by atoms with Gasteiger partial charge in [-0.1, -0.05) is 12.1 Å². The van der Waals surface area contributed by atoms with Crippen molar-refractivity contribution in [3.8, 4) is 11.1 Å². The Balaban J connectivity index is 1.71. The second-order valence-corrected chi connectivity index (χ2v) is 7.78. The second kappa shape index (κ2) is 7.60. The monoisotopic (exact) mass is 410 g/mol. The number of aldehydes is 1. The molecular formula is C22H16F2N2O2S. The Labute approximate surface area is 168 Å². The second-order valence-electron chi connectivity index (χ2n) is 6.57. The van der Waals surface area contributed by atoms with Crippen LogP contribution in [0, 0.1) is 11.6 Å². The van der Waals surface area contributed by atoms with Crippen molar-refractivity contribution in [2.45, 2.75) is 4.90 Å². The first kappa shape index (κ1) is 19.0. The van der Waals surface area contributed by atoms with E-state index in [4.69, 9.17) is 0 Å². The molecule has 0 saturated heterocycles. The molecule has 4 nitrogen and oxygen atoms in total. The van der Waals surface area contributed by atoms with Gasteiger partial charge >= 0.3 is 0 Å². The molecular weight excluding hydrogens is 394 g/mol. The third-order valence-electron chi connectivity index (χ3n) is 4.65. The zero-order valence-corrected chi connectivity index (χ0v) is 16.2. The number of halogens is 2. The van der Waals surface area contributed by atoms with E-state index in [9.17, 15) is 17.8 Å². The van der Waals surface area contributed by atoms with Gasteiger partial charge in [0.05, 0.1) is 4.90 Å². The normalized spacial score (nSPS) is 12.1. The minimum absolute atomic E-state index is 0.291. The zero-order valence-electron chi connectivity index (χ0n) is 15.4. The number of hydrogen-bond acceptors (Lipinski definition) is 2. The summed E-state index contributed by atoms with van der Waals surface area (Å²) >= 11 is 0. The molecule has 0 amide bonds. The Morgan fingerprint density at radius 2 is 1.72 bits per heavy atom. The highest BCUT2D eigenvalue weighted by Crippen LogP contribution is 2.34. The van der Waals surface area contributed by atoms with E-state index in [1.807, 2.05) is 17.7 Å². The summed E-state index contributed by atoms with van der Waals surface area (Å²) in [6, 6.07) is 15.3. The van der Waals surface area contributed by atoms with Crippen LogP contribution in [0.25, 0.3) is 22.0 Å². The molecule has 4 rings (SSSR count). The number of hydrogen-bond donors (Lipinski definition) is 1. The van der Waals surface area contributed by atoms with E-state index in [0.29, 0.717) is 27.3 Å². The van der Waals surface area contributed by atoms with Gasteiger partial charge in [0.15, 0.2) is 0 Å². The minimum Gasteiger partial charge on any atom is -0.350 e. The summed E-state index contributed by atoms with van der Waals surface area (Å²) in [5.41, 5.74) is 2.85. The largest absolute Gasteiger partial charge is 0.350 e. The third kappa shape index (κ3) is 3.69. The Morgan fingerprint density at radius 3 is 2.41 bits per heavy atom. The van der Waals surface area contributed by atoms with Gasteiger partial charge in [-0.05, 0) is 42.5 Å². The predicted molar refractivity (Wildman–Crippen MR) is 110 cm³/mol. The minimum atomic E-state index is -1.54. The van der Waals surface area contributed by atoms with Crippen LogP contribution in [-0.4, -0.2) is 15.1 Å². The van der Waals surface area contributed by atoms with Crippen LogP contribution in [0.5, 0.6) is 0 Å². The zero-order chi connectivity index (χ0) is 20.5. The summed E-state index contributed by atoms with van der Waals surface area (Å²) in [5.74, 6) is -1.28. The molecule has 29 heavy (non-hydrogen) atoms. The smallest absolute Gasteiger partial charge is 0.150 e. The summed E-state index contributed by atoms with van der Waals surface area (Å²) in [6.07, 6.45) is 2.50. The Hall–Kier alpha value is -3.32. The van der Waals surface area contributed by atoms with Crippen molar-refractivity contribution in [2.24, 2.45) is 7.05 Å². The molecule has 1 atom stereocenters. The molecule has 0 spiro atoms. The van der Waals surface area contributed by atoms with Crippen LogP contribution in [0.4, 0.5) is 14.5 Å². The van der Waals surface area contributed by atoms with Crippen molar-refractivity contribution in [3.05, 3.63) is 84.1 Å². The first-order valence-corrected chi connectivity index (χ1v) is 9.89. The van der Waals surface area contributed by atoms with Crippen molar-refractivity contribution in [2.75, 3.05) is 4.72 Å². The summed E-state index contributed by atoms with van der Waals surface area (Å²) in [7, 11) is 0.305. The van der Waals surface area contributed by atoms with Crippen LogP contribution in [-0.2, 0) is 18.0 Å². The van der Waals surface area contributed by atoms with Gasteiger partial charge in [-0.25, -0.2) is 13.0 Å². The highest BCUT2D eigenvalue weighted by molar-refractivity contribution is 7.86. The van der Waals surface area contributed by atoms with Gasteiger partial charge in [-0.3, -0.25) is 4.79 Å². The fourth-order valence-electron chi connectivity index (χ4n) is 3.21. The molecule has 0 bridgehead atoms. The molecule has 0 aliphatic carbocycles.